The highest BCUT2D eigenvalue weighted by Crippen LogP contribution is 2.33. The number of anilines is 2. The molecule has 1 aliphatic heterocycles. The van der Waals surface area contributed by atoms with Gasteiger partial charge in [0.1, 0.15) is 22.9 Å². The molecule has 0 aliphatic carbocycles. The van der Waals surface area contributed by atoms with E-state index in [1.807, 2.05) is 6.07 Å². The predicted molar refractivity (Wildman–Crippen MR) is 120 cm³/mol. The number of ether oxygens (including phenoxy) is 2. The van der Waals surface area contributed by atoms with E-state index in [-0.39, 0.29) is 22.5 Å². The Morgan fingerprint density at radius 3 is 2.63 bits per heavy atom. The molecule has 4 heterocycles. The number of para-hydroxylation sites is 1. The Bertz CT molecular complexity index is 1370. The molecule has 0 bridgehead atoms. The van der Waals surface area contributed by atoms with Crippen molar-refractivity contribution in [2.24, 2.45) is 0 Å². The number of nitrogens with zero attached hydrogens (tertiary/aromatic N) is 5. The van der Waals surface area contributed by atoms with Crippen molar-refractivity contribution in [3.05, 3.63) is 66.5 Å². The van der Waals surface area contributed by atoms with Gasteiger partial charge in [0.15, 0.2) is 5.65 Å². The van der Waals surface area contributed by atoms with Gasteiger partial charge in [0, 0.05) is 24.8 Å². The lowest BCUT2D eigenvalue weighted by Gasteiger charge is -2.27. The highest BCUT2D eigenvalue weighted by Gasteiger charge is 2.32. The van der Waals surface area contributed by atoms with Crippen LogP contribution in [0.3, 0.4) is 0 Å². The Morgan fingerprint density at radius 1 is 1.03 bits per heavy atom. The molecule has 3 aromatic heterocycles. The first-order chi connectivity index (χ1) is 16.9. The van der Waals surface area contributed by atoms with E-state index in [4.69, 9.17) is 4.74 Å². The largest absolute Gasteiger partial charge is 0.573 e. The molecule has 0 radical (unpaired) electrons. The van der Waals surface area contributed by atoms with E-state index < -0.39 is 18.0 Å². The topological polar surface area (TPSA) is 93.9 Å². The van der Waals surface area contributed by atoms with Gasteiger partial charge in [-0.05, 0) is 30.3 Å². The Hall–Kier alpha value is -4.19. The van der Waals surface area contributed by atoms with Gasteiger partial charge in [-0.25, -0.2) is 14.5 Å². The molecule has 1 N–H and O–H groups in total. The predicted octanol–water partition coefficient (Wildman–Crippen LogP) is 3.78. The second-order valence-electron chi connectivity index (χ2n) is 7.62. The summed E-state index contributed by atoms with van der Waals surface area (Å²) in [6.45, 7) is 2.60. The van der Waals surface area contributed by atoms with E-state index in [9.17, 15) is 18.0 Å². The number of nitrogens with one attached hydrogen (secondary N) is 1. The normalized spacial score (nSPS) is 14.2. The molecule has 0 saturated carbocycles. The van der Waals surface area contributed by atoms with Crippen LogP contribution in [0.4, 0.5) is 24.8 Å². The summed E-state index contributed by atoms with van der Waals surface area (Å²) < 4.78 is 49.4. The van der Waals surface area contributed by atoms with Gasteiger partial charge in [-0.15, -0.1) is 13.2 Å². The molecule has 4 aromatic rings. The molecule has 0 unspecified atom stereocenters. The SMILES string of the molecule is O=C(Nc1cccc(N2CCOCC2)n1)c1cnn2ccc(-c3ccccc3OC(F)(F)F)nc12. The molecule has 9 nitrogen and oxygen atoms in total. The molecular weight excluding hydrogens is 465 g/mol. The van der Waals surface area contributed by atoms with Gasteiger partial charge in [0.2, 0.25) is 0 Å². The number of hydrogen-bond acceptors (Lipinski definition) is 7. The van der Waals surface area contributed by atoms with Crippen LogP contribution in [0.25, 0.3) is 16.9 Å². The lowest BCUT2D eigenvalue weighted by Crippen LogP contribution is -2.36. The minimum Gasteiger partial charge on any atom is -0.405 e. The van der Waals surface area contributed by atoms with Gasteiger partial charge in [-0.1, -0.05) is 18.2 Å². The van der Waals surface area contributed by atoms with E-state index in [0.29, 0.717) is 37.9 Å². The van der Waals surface area contributed by atoms with Gasteiger partial charge >= 0.3 is 6.36 Å². The maximum Gasteiger partial charge on any atom is 0.573 e. The molecule has 1 fully saturated rings. The molecule has 1 aromatic carbocycles. The lowest BCUT2D eigenvalue weighted by molar-refractivity contribution is -0.274. The van der Waals surface area contributed by atoms with Crippen LogP contribution in [0.15, 0.2) is 60.9 Å². The van der Waals surface area contributed by atoms with Crippen LogP contribution in [0.2, 0.25) is 0 Å². The van der Waals surface area contributed by atoms with Gasteiger partial charge in [-0.2, -0.15) is 5.10 Å². The van der Waals surface area contributed by atoms with Crippen LogP contribution in [0.1, 0.15) is 10.4 Å². The Labute approximate surface area is 197 Å². The number of pyridine rings is 1. The van der Waals surface area contributed by atoms with Crippen molar-refractivity contribution in [1.82, 2.24) is 19.6 Å². The van der Waals surface area contributed by atoms with E-state index in [1.54, 1.807) is 18.2 Å². The number of alkyl halides is 3. The second-order valence-corrected chi connectivity index (χ2v) is 7.62. The molecule has 0 spiro atoms. The first kappa shape index (κ1) is 22.6. The number of hydrogen-bond donors (Lipinski definition) is 1. The zero-order valence-electron chi connectivity index (χ0n) is 18.2. The van der Waals surface area contributed by atoms with Crippen LogP contribution in [0.5, 0.6) is 5.75 Å². The van der Waals surface area contributed by atoms with Crippen LogP contribution < -0.4 is 15.0 Å². The van der Waals surface area contributed by atoms with E-state index in [1.165, 1.54) is 41.2 Å². The third kappa shape index (κ3) is 5.01. The van der Waals surface area contributed by atoms with Gasteiger partial charge in [-0.3, -0.25) is 4.79 Å². The molecule has 35 heavy (non-hydrogen) atoms. The minimum absolute atomic E-state index is 0.125. The van der Waals surface area contributed by atoms with Crippen molar-refractivity contribution in [2.45, 2.75) is 6.36 Å². The van der Waals surface area contributed by atoms with Crippen LogP contribution in [0, 0.1) is 0 Å². The van der Waals surface area contributed by atoms with Crippen molar-refractivity contribution in [3.63, 3.8) is 0 Å². The quantitative estimate of drug-likeness (QED) is 0.461. The second kappa shape index (κ2) is 9.22. The minimum atomic E-state index is -4.86. The first-order valence-corrected chi connectivity index (χ1v) is 10.7. The van der Waals surface area contributed by atoms with Crippen LogP contribution in [-0.4, -0.2) is 58.2 Å². The zero-order chi connectivity index (χ0) is 24.4. The fourth-order valence-corrected chi connectivity index (χ4v) is 3.72. The Morgan fingerprint density at radius 2 is 1.83 bits per heavy atom. The Kier molecular flexibility index (Phi) is 5.95. The molecule has 1 aliphatic rings. The molecule has 5 rings (SSSR count). The van der Waals surface area contributed by atoms with Crippen molar-refractivity contribution in [1.29, 1.82) is 0 Å². The smallest absolute Gasteiger partial charge is 0.405 e. The summed E-state index contributed by atoms with van der Waals surface area (Å²) in [6.07, 6.45) is -2.01. The lowest BCUT2D eigenvalue weighted by atomic mass is 10.1. The summed E-state index contributed by atoms with van der Waals surface area (Å²) in [7, 11) is 0. The molecule has 0 atom stereocenters. The third-order valence-electron chi connectivity index (χ3n) is 5.31. The molecular formula is C23H19F3N6O3. The maximum atomic E-state index is 13.0. The standard InChI is InChI=1S/C23H19F3N6O3/c24-23(25,26)35-18-5-2-1-4-15(18)17-8-9-32-21(28-17)16(14-27-32)22(33)30-19-6-3-7-20(29-19)31-10-12-34-13-11-31/h1-9,14H,10-13H2,(H,29,30,33). The summed E-state index contributed by atoms with van der Waals surface area (Å²) in [5.74, 6) is 0.161. The monoisotopic (exact) mass is 484 g/mol. The number of benzene rings is 1. The highest BCUT2D eigenvalue weighted by atomic mass is 19.4. The summed E-state index contributed by atoms with van der Waals surface area (Å²) >= 11 is 0. The number of halogens is 3. The number of rotatable bonds is 5. The number of fused-ring (bicyclic) bond motifs is 1. The average Bonchev–Trinajstić information content (AvgIpc) is 3.28. The molecule has 1 amide bonds. The van der Waals surface area contributed by atoms with E-state index in [2.05, 4.69) is 30.0 Å². The van der Waals surface area contributed by atoms with Gasteiger partial charge in [0.25, 0.3) is 5.91 Å². The highest BCUT2D eigenvalue weighted by molar-refractivity contribution is 6.07. The van der Waals surface area contributed by atoms with Crippen molar-refractivity contribution < 1.29 is 27.4 Å². The molecule has 1 saturated heterocycles. The number of carbonyl (C=O) groups is 1. The summed E-state index contributed by atoms with van der Waals surface area (Å²) in [6, 6.07) is 12.5. The van der Waals surface area contributed by atoms with Crippen molar-refractivity contribution in [3.8, 4) is 17.0 Å². The average molecular weight is 484 g/mol. The van der Waals surface area contributed by atoms with E-state index >= 15 is 0 Å². The van der Waals surface area contributed by atoms with E-state index in [0.717, 1.165) is 0 Å². The van der Waals surface area contributed by atoms with Crippen LogP contribution >= 0.6 is 0 Å². The molecule has 12 heteroatoms. The Balaban J connectivity index is 1.43. The number of morpholine rings is 1. The summed E-state index contributed by atoms with van der Waals surface area (Å²) in [4.78, 5) is 24.0. The summed E-state index contributed by atoms with van der Waals surface area (Å²) in [5, 5.41) is 6.87. The molecule has 180 valence electrons. The van der Waals surface area contributed by atoms with Gasteiger partial charge < -0.3 is 19.7 Å². The first-order valence-electron chi connectivity index (χ1n) is 10.7. The fraction of sp³-hybridized carbons (Fsp3) is 0.217. The van der Waals surface area contributed by atoms with Crippen molar-refractivity contribution in [2.75, 3.05) is 36.5 Å². The van der Waals surface area contributed by atoms with Crippen LogP contribution in [-0.2, 0) is 4.74 Å². The van der Waals surface area contributed by atoms with Gasteiger partial charge in [0.05, 0.1) is 25.1 Å². The fourth-order valence-electron chi connectivity index (χ4n) is 3.72. The maximum absolute atomic E-state index is 13.0. The number of carbonyl (C=O) groups excluding carboxylic acids is 1. The third-order valence-corrected chi connectivity index (χ3v) is 5.31. The van der Waals surface area contributed by atoms with Crippen molar-refractivity contribution >= 4 is 23.2 Å². The number of aromatic nitrogens is 4. The number of amides is 1. The zero-order valence-corrected chi connectivity index (χ0v) is 18.2. The summed E-state index contributed by atoms with van der Waals surface area (Å²) in [5.41, 5.74) is 0.630.